The van der Waals surface area contributed by atoms with E-state index >= 15 is 0 Å². The minimum atomic E-state index is 0.122. The minimum Gasteiger partial charge on any atom is -0.288 e. The van der Waals surface area contributed by atoms with Gasteiger partial charge in [-0.1, -0.05) is 28.1 Å². The van der Waals surface area contributed by atoms with Crippen molar-refractivity contribution in [1.82, 2.24) is 4.98 Å². The van der Waals surface area contributed by atoms with Gasteiger partial charge in [0.25, 0.3) is 0 Å². The summed E-state index contributed by atoms with van der Waals surface area (Å²) in [4.78, 5) is 19.6. The molecule has 1 atom stereocenters. The van der Waals surface area contributed by atoms with Crippen molar-refractivity contribution < 1.29 is 4.79 Å². The molecule has 0 bridgehead atoms. The Morgan fingerprint density at radius 3 is 2.76 bits per heavy atom. The highest BCUT2D eigenvalue weighted by molar-refractivity contribution is 9.10. The van der Waals surface area contributed by atoms with E-state index in [1.165, 1.54) is 0 Å². The van der Waals surface area contributed by atoms with Gasteiger partial charge in [0, 0.05) is 33.8 Å². The molecule has 21 heavy (non-hydrogen) atoms. The van der Waals surface area contributed by atoms with Gasteiger partial charge in [-0.2, -0.15) is 0 Å². The van der Waals surface area contributed by atoms with Gasteiger partial charge >= 0.3 is 0 Å². The Morgan fingerprint density at radius 2 is 2.14 bits per heavy atom. The van der Waals surface area contributed by atoms with Gasteiger partial charge in [0.2, 0.25) is 5.91 Å². The largest absolute Gasteiger partial charge is 0.288 e. The fourth-order valence-electron chi connectivity index (χ4n) is 2.44. The Labute approximate surface area is 141 Å². The van der Waals surface area contributed by atoms with Crippen LogP contribution in [0.15, 0.2) is 28.7 Å². The van der Waals surface area contributed by atoms with Gasteiger partial charge in [0.15, 0.2) is 5.13 Å². The van der Waals surface area contributed by atoms with Crippen molar-refractivity contribution >= 4 is 49.9 Å². The average molecular weight is 386 g/mol. The Bertz CT molecular complexity index is 671. The number of amides is 1. The van der Waals surface area contributed by atoms with Crippen LogP contribution in [0.25, 0.3) is 11.3 Å². The number of hydrogen-bond donors (Lipinski definition) is 0. The van der Waals surface area contributed by atoms with Crippen LogP contribution in [0.3, 0.4) is 0 Å². The molecule has 6 heteroatoms. The number of anilines is 1. The number of aryl methyl sites for hydroxylation is 1. The Morgan fingerprint density at radius 1 is 1.43 bits per heavy atom. The SMILES string of the molecule is Cc1sc(N2CC(CCl)CC2=O)nc1-c1ccc(Br)cc1. The van der Waals surface area contributed by atoms with Gasteiger partial charge in [-0.3, -0.25) is 9.69 Å². The molecule has 2 aromatic rings. The molecule has 0 saturated carbocycles. The first-order chi connectivity index (χ1) is 10.1. The number of aromatic nitrogens is 1. The van der Waals surface area contributed by atoms with E-state index in [0.717, 1.165) is 25.7 Å². The molecule has 0 N–H and O–H groups in total. The lowest BCUT2D eigenvalue weighted by Crippen LogP contribution is -2.24. The van der Waals surface area contributed by atoms with Crippen molar-refractivity contribution in [1.29, 1.82) is 0 Å². The molecular weight excluding hydrogens is 372 g/mol. The number of carbonyl (C=O) groups excluding carboxylic acids is 1. The molecule has 0 aliphatic carbocycles. The summed E-state index contributed by atoms with van der Waals surface area (Å²) in [6.45, 7) is 2.72. The molecule has 2 heterocycles. The zero-order valence-electron chi connectivity index (χ0n) is 11.5. The standard InChI is InChI=1S/C15H14BrClN2OS/c1-9-14(11-2-4-12(16)5-3-11)18-15(21-9)19-8-10(7-17)6-13(19)20/h2-5,10H,6-8H2,1H3. The molecule has 1 aromatic carbocycles. The van der Waals surface area contributed by atoms with Gasteiger partial charge in [0.1, 0.15) is 0 Å². The molecule has 1 aliphatic rings. The maximum atomic E-state index is 12.1. The van der Waals surface area contributed by atoms with Crippen molar-refractivity contribution in [2.24, 2.45) is 5.92 Å². The second kappa shape index (κ2) is 6.07. The number of benzene rings is 1. The first kappa shape index (κ1) is 15.0. The highest BCUT2D eigenvalue weighted by Gasteiger charge is 2.32. The van der Waals surface area contributed by atoms with Crippen LogP contribution in [0.2, 0.25) is 0 Å². The van der Waals surface area contributed by atoms with E-state index in [2.05, 4.69) is 20.9 Å². The number of thiazole rings is 1. The number of hydrogen-bond acceptors (Lipinski definition) is 3. The number of halogens is 2. The van der Waals surface area contributed by atoms with Crippen LogP contribution in [0.1, 0.15) is 11.3 Å². The third-order valence-corrected chi connectivity index (χ3v) is 5.52. The molecule has 110 valence electrons. The minimum absolute atomic E-state index is 0.122. The summed E-state index contributed by atoms with van der Waals surface area (Å²) in [7, 11) is 0. The molecule has 1 aliphatic heterocycles. The van der Waals surface area contributed by atoms with Crippen LogP contribution in [-0.2, 0) is 4.79 Å². The predicted molar refractivity (Wildman–Crippen MR) is 91.2 cm³/mol. The van der Waals surface area contributed by atoms with Crippen LogP contribution in [-0.4, -0.2) is 23.3 Å². The van der Waals surface area contributed by atoms with E-state index in [-0.39, 0.29) is 11.8 Å². The fraction of sp³-hybridized carbons (Fsp3) is 0.333. The Kier molecular flexibility index (Phi) is 4.33. The average Bonchev–Trinajstić information content (AvgIpc) is 3.03. The van der Waals surface area contributed by atoms with Crippen LogP contribution in [0.5, 0.6) is 0 Å². The van der Waals surface area contributed by atoms with Crippen LogP contribution < -0.4 is 4.90 Å². The number of rotatable bonds is 3. The van der Waals surface area contributed by atoms with Gasteiger partial charge < -0.3 is 0 Å². The number of carbonyl (C=O) groups is 1. The highest BCUT2D eigenvalue weighted by Crippen LogP contribution is 2.35. The molecule has 1 amide bonds. The van der Waals surface area contributed by atoms with Gasteiger partial charge in [0.05, 0.1) is 5.69 Å². The zero-order chi connectivity index (χ0) is 15.0. The first-order valence-electron chi connectivity index (χ1n) is 6.68. The quantitative estimate of drug-likeness (QED) is 0.730. The summed E-state index contributed by atoms with van der Waals surface area (Å²) in [6, 6.07) is 8.06. The zero-order valence-corrected chi connectivity index (χ0v) is 14.6. The lowest BCUT2D eigenvalue weighted by Gasteiger charge is -2.11. The van der Waals surface area contributed by atoms with E-state index < -0.39 is 0 Å². The van der Waals surface area contributed by atoms with Crippen LogP contribution >= 0.6 is 38.9 Å². The molecular formula is C15H14BrClN2OS. The molecule has 1 unspecified atom stereocenters. The summed E-state index contributed by atoms with van der Waals surface area (Å²) in [5.74, 6) is 0.878. The van der Waals surface area contributed by atoms with E-state index in [4.69, 9.17) is 11.6 Å². The van der Waals surface area contributed by atoms with Gasteiger partial charge in [-0.25, -0.2) is 4.98 Å². The molecule has 0 radical (unpaired) electrons. The normalized spacial score (nSPS) is 18.5. The summed E-state index contributed by atoms with van der Waals surface area (Å²) < 4.78 is 1.04. The van der Waals surface area contributed by atoms with E-state index in [0.29, 0.717) is 18.8 Å². The molecule has 0 spiro atoms. The summed E-state index contributed by atoms with van der Waals surface area (Å²) in [5, 5.41) is 0.781. The smallest absolute Gasteiger partial charge is 0.229 e. The van der Waals surface area contributed by atoms with Crippen molar-refractivity contribution in [2.75, 3.05) is 17.3 Å². The second-order valence-electron chi connectivity index (χ2n) is 5.14. The Hall–Kier alpha value is -0.910. The lowest BCUT2D eigenvalue weighted by molar-refractivity contribution is -0.117. The van der Waals surface area contributed by atoms with Crippen molar-refractivity contribution in [3.8, 4) is 11.3 Å². The molecule has 1 saturated heterocycles. The molecule has 3 nitrogen and oxygen atoms in total. The van der Waals surface area contributed by atoms with Gasteiger partial charge in [-0.15, -0.1) is 22.9 Å². The lowest BCUT2D eigenvalue weighted by atomic mass is 10.1. The topological polar surface area (TPSA) is 33.2 Å². The summed E-state index contributed by atoms with van der Waals surface area (Å²) >= 11 is 10.9. The maximum absolute atomic E-state index is 12.1. The number of nitrogens with zero attached hydrogens (tertiary/aromatic N) is 2. The van der Waals surface area contributed by atoms with Crippen molar-refractivity contribution in [3.63, 3.8) is 0 Å². The van der Waals surface area contributed by atoms with Crippen LogP contribution in [0.4, 0.5) is 5.13 Å². The van der Waals surface area contributed by atoms with Crippen LogP contribution in [0, 0.1) is 12.8 Å². The highest BCUT2D eigenvalue weighted by atomic mass is 79.9. The number of alkyl halides is 1. The van der Waals surface area contributed by atoms with E-state index in [9.17, 15) is 4.79 Å². The first-order valence-corrected chi connectivity index (χ1v) is 8.82. The van der Waals surface area contributed by atoms with Gasteiger partial charge in [-0.05, 0) is 25.0 Å². The maximum Gasteiger partial charge on any atom is 0.229 e. The monoisotopic (exact) mass is 384 g/mol. The predicted octanol–water partition coefficient (Wildman–Crippen LogP) is 4.47. The summed E-state index contributed by atoms with van der Waals surface area (Å²) in [5.41, 5.74) is 2.02. The fourth-order valence-corrected chi connectivity index (χ4v) is 3.87. The third kappa shape index (κ3) is 3.00. The van der Waals surface area contributed by atoms with Crippen molar-refractivity contribution in [3.05, 3.63) is 33.6 Å². The summed E-state index contributed by atoms with van der Waals surface area (Å²) in [6.07, 6.45) is 0.524. The van der Waals surface area contributed by atoms with E-state index in [1.807, 2.05) is 31.2 Å². The Balaban J connectivity index is 1.91. The molecule has 1 aromatic heterocycles. The molecule has 3 rings (SSSR count). The second-order valence-corrected chi connectivity index (χ2v) is 7.54. The van der Waals surface area contributed by atoms with E-state index in [1.54, 1.807) is 16.2 Å². The molecule has 1 fully saturated rings. The third-order valence-electron chi connectivity index (χ3n) is 3.56. The van der Waals surface area contributed by atoms with Crippen molar-refractivity contribution in [2.45, 2.75) is 13.3 Å².